The van der Waals surface area contributed by atoms with Crippen molar-refractivity contribution < 1.29 is 17.9 Å². The van der Waals surface area contributed by atoms with Gasteiger partial charge >= 0.3 is 0 Å². The Balaban J connectivity index is 1.87. The van der Waals surface area contributed by atoms with E-state index in [1.807, 2.05) is 6.92 Å². The molecular formula is C22H34N2O4S. The van der Waals surface area contributed by atoms with E-state index in [0.717, 1.165) is 32.1 Å². The van der Waals surface area contributed by atoms with Crippen molar-refractivity contribution in [3.63, 3.8) is 0 Å². The third kappa shape index (κ3) is 4.61. The Morgan fingerprint density at radius 1 is 1.10 bits per heavy atom. The van der Waals surface area contributed by atoms with Crippen molar-refractivity contribution in [1.29, 1.82) is 0 Å². The second-order valence-corrected chi connectivity index (χ2v) is 10.5. The van der Waals surface area contributed by atoms with Gasteiger partial charge in [0.25, 0.3) is 5.91 Å². The number of piperidine rings is 1. The van der Waals surface area contributed by atoms with Crippen molar-refractivity contribution in [3.05, 3.63) is 23.8 Å². The minimum atomic E-state index is -3.73. The van der Waals surface area contributed by atoms with Crippen LogP contribution in [0.2, 0.25) is 0 Å². The van der Waals surface area contributed by atoms with Gasteiger partial charge in [-0.25, -0.2) is 8.42 Å². The van der Waals surface area contributed by atoms with Crippen LogP contribution in [-0.4, -0.2) is 44.4 Å². The van der Waals surface area contributed by atoms with Gasteiger partial charge in [-0.15, -0.1) is 0 Å². The van der Waals surface area contributed by atoms with Gasteiger partial charge in [-0.1, -0.05) is 33.1 Å². The van der Waals surface area contributed by atoms with Crippen LogP contribution in [0.4, 0.5) is 0 Å². The first-order valence-electron chi connectivity index (χ1n) is 10.8. The molecule has 4 atom stereocenters. The molecule has 0 aromatic heterocycles. The minimum absolute atomic E-state index is 0.0551. The topological polar surface area (TPSA) is 75.7 Å². The number of sulfonamides is 1. The number of hydrogen-bond acceptors (Lipinski definition) is 4. The maximum atomic E-state index is 13.4. The highest BCUT2D eigenvalue weighted by Gasteiger charge is 2.34. The zero-order valence-corrected chi connectivity index (χ0v) is 18.8. The molecule has 1 aliphatic heterocycles. The predicted molar refractivity (Wildman–Crippen MR) is 114 cm³/mol. The molecular weight excluding hydrogens is 388 g/mol. The first-order valence-corrected chi connectivity index (χ1v) is 12.2. The summed E-state index contributed by atoms with van der Waals surface area (Å²) in [6.07, 6.45) is 5.98. The number of methoxy groups -OCH3 is 1. The van der Waals surface area contributed by atoms with Crippen LogP contribution in [0.5, 0.6) is 5.75 Å². The molecule has 1 amide bonds. The van der Waals surface area contributed by atoms with E-state index >= 15 is 0 Å². The van der Waals surface area contributed by atoms with Crippen molar-refractivity contribution in [3.8, 4) is 5.75 Å². The number of benzene rings is 1. The Morgan fingerprint density at radius 3 is 2.55 bits per heavy atom. The summed E-state index contributed by atoms with van der Waals surface area (Å²) in [6, 6.07) is 4.77. The maximum absolute atomic E-state index is 13.4. The third-order valence-corrected chi connectivity index (χ3v) is 8.81. The summed E-state index contributed by atoms with van der Waals surface area (Å²) in [7, 11) is -2.28. The van der Waals surface area contributed by atoms with Crippen LogP contribution in [0.25, 0.3) is 0 Å². The van der Waals surface area contributed by atoms with E-state index in [-0.39, 0.29) is 28.6 Å². The Labute approximate surface area is 175 Å². The van der Waals surface area contributed by atoms with E-state index in [4.69, 9.17) is 4.74 Å². The lowest BCUT2D eigenvalue weighted by atomic mass is 9.78. The number of rotatable bonds is 5. The SMILES string of the molecule is COc1ccc(C(=O)NC2CCCC(C)C2C)cc1S(=O)(=O)N1CCCCC1C. The van der Waals surface area contributed by atoms with Crippen LogP contribution in [0.15, 0.2) is 23.1 Å². The summed E-state index contributed by atoms with van der Waals surface area (Å²) in [4.78, 5) is 13.0. The molecule has 0 spiro atoms. The van der Waals surface area contributed by atoms with Crippen molar-refractivity contribution in [1.82, 2.24) is 9.62 Å². The summed E-state index contributed by atoms with van der Waals surface area (Å²) >= 11 is 0. The Bertz CT molecular complexity index is 839. The number of carbonyl (C=O) groups excluding carboxylic acids is 1. The molecule has 1 heterocycles. The van der Waals surface area contributed by atoms with Crippen molar-refractivity contribution in [2.24, 2.45) is 11.8 Å². The summed E-state index contributed by atoms with van der Waals surface area (Å²) < 4.78 is 33.6. The fraction of sp³-hybridized carbons (Fsp3) is 0.682. The third-order valence-electron chi connectivity index (χ3n) is 6.78. The first-order chi connectivity index (χ1) is 13.8. The lowest BCUT2D eigenvalue weighted by Crippen LogP contribution is -2.44. The molecule has 6 nitrogen and oxygen atoms in total. The minimum Gasteiger partial charge on any atom is -0.495 e. The first kappa shape index (κ1) is 22.1. The molecule has 1 aliphatic carbocycles. The molecule has 1 N–H and O–H groups in total. The molecule has 29 heavy (non-hydrogen) atoms. The van der Waals surface area contributed by atoms with Crippen LogP contribution < -0.4 is 10.1 Å². The van der Waals surface area contributed by atoms with Crippen molar-refractivity contribution in [2.45, 2.75) is 76.3 Å². The largest absolute Gasteiger partial charge is 0.495 e. The fourth-order valence-corrected chi connectivity index (χ4v) is 6.49. The average molecular weight is 423 g/mol. The summed E-state index contributed by atoms with van der Waals surface area (Å²) in [6.45, 7) is 6.84. The standard InChI is InChI=1S/C22H34N2O4S/c1-15-8-7-10-19(17(15)3)23-22(25)18-11-12-20(28-4)21(14-18)29(26,27)24-13-6-5-9-16(24)2/h11-12,14-17,19H,5-10,13H2,1-4H3,(H,23,25). The highest BCUT2D eigenvalue weighted by molar-refractivity contribution is 7.89. The number of hydrogen-bond donors (Lipinski definition) is 1. The maximum Gasteiger partial charge on any atom is 0.251 e. The van der Waals surface area contributed by atoms with E-state index in [2.05, 4.69) is 19.2 Å². The lowest BCUT2D eigenvalue weighted by Gasteiger charge is -2.34. The molecule has 3 rings (SSSR count). The molecule has 0 radical (unpaired) electrons. The molecule has 1 aromatic rings. The number of amides is 1. The van der Waals surface area contributed by atoms with E-state index in [1.165, 1.54) is 19.6 Å². The summed E-state index contributed by atoms with van der Waals surface area (Å²) in [5.74, 6) is 1.03. The van der Waals surface area contributed by atoms with Gasteiger partial charge in [0.1, 0.15) is 10.6 Å². The van der Waals surface area contributed by atoms with E-state index in [9.17, 15) is 13.2 Å². The molecule has 2 aliphatic rings. The van der Waals surface area contributed by atoms with E-state index < -0.39 is 10.0 Å². The van der Waals surface area contributed by atoms with Crippen LogP contribution in [0, 0.1) is 11.8 Å². The number of carbonyl (C=O) groups is 1. The molecule has 7 heteroatoms. The fourth-order valence-electron chi connectivity index (χ4n) is 4.61. The van der Waals surface area contributed by atoms with E-state index in [1.54, 1.807) is 16.4 Å². The molecule has 1 saturated heterocycles. The molecule has 1 aromatic carbocycles. The second-order valence-electron chi connectivity index (χ2n) is 8.67. The molecule has 1 saturated carbocycles. The molecule has 4 unspecified atom stereocenters. The number of nitrogens with one attached hydrogen (secondary N) is 1. The quantitative estimate of drug-likeness (QED) is 0.783. The summed E-state index contributed by atoms with van der Waals surface area (Å²) in [5.41, 5.74) is 0.361. The zero-order chi connectivity index (χ0) is 21.2. The van der Waals surface area contributed by atoms with Crippen molar-refractivity contribution >= 4 is 15.9 Å². The highest BCUT2D eigenvalue weighted by Crippen LogP contribution is 2.33. The Morgan fingerprint density at radius 2 is 1.86 bits per heavy atom. The molecule has 2 fully saturated rings. The Kier molecular flexibility index (Phi) is 6.89. The zero-order valence-electron chi connectivity index (χ0n) is 18.0. The van der Waals surface area contributed by atoms with Gasteiger partial charge in [0.15, 0.2) is 0 Å². The summed E-state index contributed by atoms with van der Waals surface area (Å²) in [5, 5.41) is 3.13. The van der Waals surface area contributed by atoms with Gasteiger partial charge < -0.3 is 10.1 Å². The van der Waals surface area contributed by atoms with Gasteiger partial charge in [0, 0.05) is 24.2 Å². The van der Waals surface area contributed by atoms with Gasteiger partial charge in [-0.2, -0.15) is 4.31 Å². The smallest absolute Gasteiger partial charge is 0.251 e. The average Bonchev–Trinajstić information content (AvgIpc) is 2.71. The molecule has 0 bridgehead atoms. The van der Waals surface area contributed by atoms with Gasteiger partial charge in [-0.3, -0.25) is 4.79 Å². The highest BCUT2D eigenvalue weighted by atomic mass is 32.2. The van der Waals surface area contributed by atoms with E-state index in [0.29, 0.717) is 23.9 Å². The van der Waals surface area contributed by atoms with Crippen LogP contribution in [-0.2, 0) is 10.0 Å². The second kappa shape index (κ2) is 9.04. The number of nitrogens with zero attached hydrogens (tertiary/aromatic N) is 1. The Hall–Kier alpha value is -1.60. The van der Waals surface area contributed by atoms with Gasteiger partial charge in [-0.05, 0) is 56.2 Å². The van der Waals surface area contributed by atoms with Crippen LogP contribution >= 0.6 is 0 Å². The van der Waals surface area contributed by atoms with Crippen LogP contribution in [0.3, 0.4) is 0 Å². The monoisotopic (exact) mass is 422 g/mol. The number of ether oxygens (including phenoxy) is 1. The lowest BCUT2D eigenvalue weighted by molar-refractivity contribution is 0.0891. The van der Waals surface area contributed by atoms with Gasteiger partial charge in [0.05, 0.1) is 7.11 Å². The van der Waals surface area contributed by atoms with Crippen molar-refractivity contribution in [2.75, 3.05) is 13.7 Å². The molecule has 162 valence electrons. The predicted octanol–water partition coefficient (Wildman–Crippen LogP) is 3.81. The normalized spacial score (nSPS) is 28.7. The van der Waals surface area contributed by atoms with Crippen LogP contribution in [0.1, 0.15) is 69.7 Å². The van der Waals surface area contributed by atoms with Gasteiger partial charge in [0.2, 0.25) is 10.0 Å².